The Labute approximate surface area is 49.2 Å². The minimum atomic E-state index is -0.920. The Bertz CT molecular complexity index is 116. The van der Waals surface area contributed by atoms with Crippen molar-refractivity contribution in [2.75, 3.05) is 6.54 Å². The van der Waals surface area contributed by atoms with Crippen LogP contribution in [0, 0.1) is 0 Å². The third kappa shape index (κ3) is 0.980. The number of piperidine rings is 1. The molecule has 1 atom stereocenters. The van der Waals surface area contributed by atoms with Gasteiger partial charge in [0.25, 0.3) is 0 Å². The van der Waals surface area contributed by atoms with Crippen LogP contribution in [0.25, 0.3) is 0 Å². The molecule has 3 heteroatoms. The lowest BCUT2D eigenvalue weighted by Gasteiger charge is -2.15. The molecule has 1 aliphatic rings. The van der Waals surface area contributed by atoms with Crippen LogP contribution in [0.4, 0.5) is 0 Å². The molecule has 1 fully saturated rings. The number of carbonyl (C=O) groups is 1. The molecule has 0 saturated carbocycles. The fourth-order valence-electron chi connectivity index (χ4n) is 0.703. The number of hydrogen-bond acceptors (Lipinski definition) is 2. The fraction of sp³-hybridized carbons (Fsp3) is 0.800. The second kappa shape index (κ2) is 2.13. The number of aliphatic hydroxyl groups is 1. The molecule has 8 heavy (non-hydrogen) atoms. The smallest absolute Gasteiger partial charge is 0.248 e. The first-order valence-corrected chi connectivity index (χ1v) is 2.70. The first kappa shape index (κ1) is 4.32. The highest BCUT2D eigenvalue weighted by atomic mass is 16.3. The number of hydrogen-bond donors (Lipinski definition) is 2. The second-order valence-corrected chi connectivity index (χ2v) is 1.88. The summed E-state index contributed by atoms with van der Waals surface area (Å²) in [4.78, 5) is 10.6. The minimum absolute atomic E-state index is 0.454. The molecule has 0 aliphatic carbocycles. The third-order valence-corrected chi connectivity index (χ3v) is 1.19. The van der Waals surface area contributed by atoms with E-state index in [1.165, 1.54) is 0 Å². The van der Waals surface area contributed by atoms with Gasteiger partial charge < -0.3 is 10.4 Å². The molecule has 1 saturated heterocycles. The van der Waals surface area contributed by atoms with Crippen molar-refractivity contribution in [2.45, 2.75) is 18.9 Å². The van der Waals surface area contributed by atoms with Crippen LogP contribution in [-0.2, 0) is 4.79 Å². The van der Waals surface area contributed by atoms with Gasteiger partial charge in [0.05, 0.1) is 0 Å². The SMILES string of the molecule is [2H]N1CCC[C@H](O)C1=O. The molecule has 0 aromatic carbocycles. The number of rotatable bonds is 0. The van der Waals surface area contributed by atoms with Gasteiger partial charge in [-0.15, -0.1) is 0 Å². The van der Waals surface area contributed by atoms with Gasteiger partial charge in [-0.05, 0) is 12.8 Å². The van der Waals surface area contributed by atoms with E-state index in [2.05, 4.69) is 0 Å². The quantitative estimate of drug-likeness (QED) is 0.438. The largest absolute Gasteiger partial charge is 0.383 e. The van der Waals surface area contributed by atoms with E-state index in [1.807, 2.05) is 0 Å². The summed E-state index contributed by atoms with van der Waals surface area (Å²) in [6.45, 7) is 0.454. The summed E-state index contributed by atoms with van der Waals surface area (Å²) in [5.74, 6) is -0.471. The molecule has 0 unspecified atom stereocenters. The van der Waals surface area contributed by atoms with Crippen molar-refractivity contribution in [2.24, 2.45) is 0 Å². The van der Waals surface area contributed by atoms with Crippen molar-refractivity contribution in [3.05, 3.63) is 0 Å². The standard InChI is InChI=1S/C5H9NO2/c7-4-2-1-3-6-5(4)8/h4,7H,1-3H2,(H,6,8)/t4-/m0/s1/i/hD. The summed E-state index contributed by atoms with van der Waals surface area (Å²) in [5, 5.41) is 9.65. The average Bonchev–Trinajstić information content (AvgIpc) is 1.83. The van der Waals surface area contributed by atoms with Crippen LogP contribution < -0.4 is 5.31 Å². The molecule has 1 amide bonds. The summed E-state index contributed by atoms with van der Waals surface area (Å²) in [6, 6.07) is 0. The molecule has 3 nitrogen and oxygen atoms in total. The summed E-state index contributed by atoms with van der Waals surface area (Å²) in [5.41, 5.74) is 0. The van der Waals surface area contributed by atoms with Gasteiger partial charge in [-0.2, -0.15) is 0 Å². The van der Waals surface area contributed by atoms with Crippen molar-refractivity contribution in [1.82, 2.24) is 5.31 Å². The molecule has 0 radical (unpaired) electrons. The Hall–Kier alpha value is -0.570. The number of carbonyl (C=O) groups excluding carboxylic acids is 1. The lowest BCUT2D eigenvalue weighted by Crippen LogP contribution is -2.39. The van der Waals surface area contributed by atoms with Crippen LogP contribution in [0.2, 0.25) is 1.41 Å². The Morgan fingerprint density at radius 2 is 2.75 bits per heavy atom. The maximum Gasteiger partial charge on any atom is 0.248 e. The van der Waals surface area contributed by atoms with E-state index >= 15 is 0 Å². The Morgan fingerprint density at radius 1 is 2.00 bits per heavy atom. The number of amides is 1. The van der Waals surface area contributed by atoms with Gasteiger partial charge in [0.2, 0.25) is 5.91 Å². The zero-order valence-electron chi connectivity index (χ0n) is 5.50. The van der Waals surface area contributed by atoms with E-state index in [1.54, 1.807) is 0 Å². The Morgan fingerprint density at radius 3 is 3.25 bits per heavy atom. The number of nitrogens with one attached hydrogen (secondary N) is 1. The maximum absolute atomic E-state index is 10.6. The van der Waals surface area contributed by atoms with Crippen molar-refractivity contribution < 1.29 is 11.3 Å². The van der Waals surface area contributed by atoms with E-state index in [-0.39, 0.29) is 0 Å². The molecule has 1 heterocycles. The normalized spacial score (nSPS) is 32.6. The van der Waals surface area contributed by atoms with Gasteiger partial charge >= 0.3 is 0 Å². The van der Waals surface area contributed by atoms with Crippen LogP contribution in [-0.4, -0.2) is 23.7 Å². The highest BCUT2D eigenvalue weighted by molar-refractivity contribution is 5.80. The summed E-state index contributed by atoms with van der Waals surface area (Å²) >= 11 is 0. The predicted octanol–water partition coefficient (Wildman–Crippen LogP) is -0.743. The van der Waals surface area contributed by atoms with E-state index in [0.717, 1.165) is 11.7 Å². The van der Waals surface area contributed by atoms with Crippen LogP contribution >= 0.6 is 0 Å². The summed E-state index contributed by atoms with van der Waals surface area (Å²) in [7, 11) is 0. The van der Waals surface area contributed by atoms with E-state index in [9.17, 15) is 4.79 Å². The van der Waals surface area contributed by atoms with Gasteiger partial charge in [0.1, 0.15) is 6.10 Å². The molecule has 0 spiro atoms. The molecule has 0 aromatic heterocycles. The highest BCUT2D eigenvalue weighted by Gasteiger charge is 2.17. The topological polar surface area (TPSA) is 49.3 Å². The van der Waals surface area contributed by atoms with Gasteiger partial charge in [-0.1, -0.05) is 0 Å². The monoisotopic (exact) mass is 116 g/mol. The molecule has 1 rings (SSSR count). The molecular formula is C5H9NO2. The lowest BCUT2D eigenvalue weighted by molar-refractivity contribution is -0.131. The predicted molar refractivity (Wildman–Crippen MR) is 28.3 cm³/mol. The number of aliphatic hydroxyl groups excluding tert-OH is 1. The molecule has 2 N–H and O–H groups in total. The summed E-state index contributed by atoms with van der Waals surface area (Å²) in [6.07, 6.45) is 0.321. The van der Waals surface area contributed by atoms with Crippen LogP contribution in [0.1, 0.15) is 12.8 Å². The first-order valence-electron chi connectivity index (χ1n) is 3.15. The van der Waals surface area contributed by atoms with Gasteiger partial charge in [-0.25, -0.2) is 0 Å². The van der Waals surface area contributed by atoms with E-state index in [0.29, 0.717) is 13.0 Å². The fourth-order valence-corrected chi connectivity index (χ4v) is 0.703. The highest BCUT2D eigenvalue weighted by Crippen LogP contribution is 2.00. The molecule has 0 aromatic rings. The summed E-state index contributed by atoms with van der Waals surface area (Å²) < 4.78 is 6.93. The van der Waals surface area contributed by atoms with Crippen molar-refractivity contribution in [3.8, 4) is 0 Å². The van der Waals surface area contributed by atoms with Crippen molar-refractivity contribution in [3.63, 3.8) is 0 Å². The van der Waals surface area contributed by atoms with Crippen LogP contribution in [0.15, 0.2) is 0 Å². The van der Waals surface area contributed by atoms with Crippen molar-refractivity contribution >= 4 is 5.91 Å². The van der Waals surface area contributed by atoms with Crippen LogP contribution in [0.3, 0.4) is 0 Å². The van der Waals surface area contributed by atoms with Gasteiger partial charge in [0, 0.05) is 6.54 Å². The maximum atomic E-state index is 10.6. The van der Waals surface area contributed by atoms with Crippen molar-refractivity contribution in [1.29, 1.82) is 0 Å². The Balaban J connectivity index is 2.52. The molecule has 0 bridgehead atoms. The van der Waals surface area contributed by atoms with Crippen LogP contribution in [0.5, 0.6) is 0 Å². The third-order valence-electron chi connectivity index (χ3n) is 1.19. The zero-order valence-corrected chi connectivity index (χ0v) is 4.50. The first-order chi connectivity index (χ1) is 4.22. The van der Waals surface area contributed by atoms with Gasteiger partial charge in [0.15, 0.2) is 1.41 Å². The molecular weight excluding hydrogens is 106 g/mol. The van der Waals surface area contributed by atoms with E-state index in [4.69, 9.17) is 6.52 Å². The molecule has 1 aliphatic heterocycles. The Kier molecular flexibility index (Phi) is 1.15. The average molecular weight is 116 g/mol. The zero-order chi connectivity index (χ0) is 6.85. The lowest BCUT2D eigenvalue weighted by atomic mass is 10.1. The molecule has 46 valence electrons. The minimum Gasteiger partial charge on any atom is -0.383 e. The second-order valence-electron chi connectivity index (χ2n) is 1.88. The van der Waals surface area contributed by atoms with E-state index < -0.39 is 12.0 Å². The van der Waals surface area contributed by atoms with Gasteiger partial charge in [-0.3, -0.25) is 4.79 Å².